The molecule has 2 aromatic rings. The maximum atomic E-state index is 10.4. The van der Waals surface area contributed by atoms with E-state index in [4.69, 9.17) is 19.0 Å². The summed E-state index contributed by atoms with van der Waals surface area (Å²) in [6.45, 7) is 0.220. The molecule has 1 aliphatic heterocycles. The molecule has 0 bridgehead atoms. The Morgan fingerprint density at radius 2 is 2.05 bits per heavy atom. The normalized spacial score (nSPS) is 12.6. The van der Waals surface area contributed by atoms with Gasteiger partial charge in [0.05, 0.1) is 0 Å². The number of benzene rings is 1. The van der Waals surface area contributed by atoms with Crippen molar-refractivity contribution in [3.8, 4) is 23.0 Å². The molecular weight excluding hydrogens is 276 g/mol. The predicted octanol–water partition coefficient (Wildman–Crippen LogP) is 2.26. The first-order valence-electron chi connectivity index (χ1n) is 6.66. The van der Waals surface area contributed by atoms with Crippen LogP contribution in [0.1, 0.15) is 25.2 Å². The van der Waals surface area contributed by atoms with Crippen LogP contribution in [0.25, 0.3) is 11.5 Å². The monoisotopic (exact) mass is 290 g/mol. The lowest BCUT2D eigenvalue weighted by Crippen LogP contribution is -1.95. The van der Waals surface area contributed by atoms with Crippen LogP contribution in [0.4, 0.5) is 0 Å². The van der Waals surface area contributed by atoms with Gasteiger partial charge in [-0.2, -0.15) is 0 Å². The molecule has 3 rings (SSSR count). The summed E-state index contributed by atoms with van der Waals surface area (Å²) in [5, 5.41) is 16.5. The Kier molecular flexibility index (Phi) is 3.72. The molecule has 0 amide bonds. The molecule has 1 aromatic carbocycles. The Morgan fingerprint density at radius 3 is 2.90 bits per heavy atom. The number of rotatable bonds is 6. The van der Waals surface area contributed by atoms with Gasteiger partial charge in [-0.3, -0.25) is 4.79 Å². The van der Waals surface area contributed by atoms with E-state index in [1.54, 1.807) is 12.1 Å². The molecular formula is C14H14N2O5. The summed E-state index contributed by atoms with van der Waals surface area (Å²) in [5.41, 5.74) is 0.767. The van der Waals surface area contributed by atoms with E-state index in [0.717, 1.165) is 5.56 Å². The Balaban J connectivity index is 1.63. The average Bonchev–Trinajstić information content (AvgIpc) is 3.11. The Labute approximate surface area is 120 Å². The molecule has 0 atom stereocenters. The lowest BCUT2D eigenvalue weighted by Gasteiger charge is -1.98. The standard InChI is InChI=1S/C14H14N2O5/c17-13(18)4-2-1-3-12-15-16-14(21-12)9-5-6-10-11(7-9)20-8-19-10/h5-7H,1-4,8H2,(H,17,18). The van der Waals surface area contributed by atoms with Crippen molar-refractivity contribution in [3.05, 3.63) is 24.1 Å². The lowest BCUT2D eigenvalue weighted by molar-refractivity contribution is -0.137. The van der Waals surface area contributed by atoms with Crippen LogP contribution >= 0.6 is 0 Å². The van der Waals surface area contributed by atoms with E-state index in [2.05, 4.69) is 10.2 Å². The number of aliphatic carboxylic acids is 1. The number of aromatic nitrogens is 2. The van der Waals surface area contributed by atoms with Crippen molar-refractivity contribution in [1.82, 2.24) is 10.2 Å². The summed E-state index contributed by atoms with van der Waals surface area (Å²) in [6, 6.07) is 5.42. The first-order valence-corrected chi connectivity index (χ1v) is 6.66. The van der Waals surface area contributed by atoms with Gasteiger partial charge in [0.15, 0.2) is 11.5 Å². The fraction of sp³-hybridized carbons (Fsp3) is 0.357. The van der Waals surface area contributed by atoms with E-state index < -0.39 is 5.97 Å². The molecule has 1 aliphatic rings. The predicted molar refractivity (Wildman–Crippen MR) is 71.0 cm³/mol. The average molecular weight is 290 g/mol. The smallest absolute Gasteiger partial charge is 0.303 e. The minimum absolute atomic E-state index is 0.156. The highest BCUT2D eigenvalue weighted by Crippen LogP contribution is 2.35. The molecule has 0 fully saturated rings. The number of hydrogen-bond acceptors (Lipinski definition) is 6. The van der Waals surface area contributed by atoms with Gasteiger partial charge in [0, 0.05) is 18.4 Å². The molecule has 0 radical (unpaired) electrons. The van der Waals surface area contributed by atoms with Crippen molar-refractivity contribution in [2.24, 2.45) is 0 Å². The number of carboxylic acids is 1. The van der Waals surface area contributed by atoms with Crippen molar-refractivity contribution in [1.29, 1.82) is 0 Å². The minimum Gasteiger partial charge on any atom is -0.481 e. The first-order chi connectivity index (χ1) is 10.2. The molecule has 110 valence electrons. The molecule has 1 N–H and O–H groups in total. The first kappa shape index (κ1) is 13.4. The molecule has 0 saturated heterocycles. The van der Waals surface area contributed by atoms with Crippen LogP contribution in [0.5, 0.6) is 11.5 Å². The Morgan fingerprint density at radius 1 is 1.19 bits per heavy atom. The maximum absolute atomic E-state index is 10.4. The highest BCUT2D eigenvalue weighted by atomic mass is 16.7. The van der Waals surface area contributed by atoms with Gasteiger partial charge in [-0.1, -0.05) is 0 Å². The van der Waals surface area contributed by atoms with E-state index in [0.29, 0.717) is 42.5 Å². The number of nitrogens with zero attached hydrogens (tertiary/aromatic N) is 2. The number of fused-ring (bicyclic) bond motifs is 1. The number of carbonyl (C=O) groups is 1. The van der Waals surface area contributed by atoms with Crippen LogP contribution in [-0.2, 0) is 11.2 Å². The molecule has 2 heterocycles. The topological polar surface area (TPSA) is 94.7 Å². The third-order valence-corrected chi connectivity index (χ3v) is 3.12. The highest BCUT2D eigenvalue weighted by Gasteiger charge is 2.16. The molecule has 0 unspecified atom stereocenters. The van der Waals surface area contributed by atoms with E-state index in [1.807, 2.05) is 6.07 Å². The van der Waals surface area contributed by atoms with Crippen LogP contribution in [0.15, 0.2) is 22.6 Å². The fourth-order valence-corrected chi connectivity index (χ4v) is 2.05. The van der Waals surface area contributed by atoms with E-state index in [-0.39, 0.29) is 13.2 Å². The number of unbranched alkanes of at least 4 members (excludes halogenated alkanes) is 1. The van der Waals surface area contributed by atoms with Gasteiger partial charge in [0.2, 0.25) is 18.6 Å². The van der Waals surface area contributed by atoms with Crippen LogP contribution in [0, 0.1) is 0 Å². The van der Waals surface area contributed by atoms with Crippen molar-refractivity contribution in [2.75, 3.05) is 6.79 Å². The molecule has 0 spiro atoms. The van der Waals surface area contributed by atoms with E-state index in [9.17, 15) is 4.79 Å². The van der Waals surface area contributed by atoms with Crippen molar-refractivity contribution in [2.45, 2.75) is 25.7 Å². The molecule has 1 aromatic heterocycles. The molecule has 0 saturated carbocycles. The number of aryl methyl sites for hydroxylation is 1. The third-order valence-electron chi connectivity index (χ3n) is 3.12. The van der Waals surface area contributed by atoms with Gasteiger partial charge in [-0.05, 0) is 31.0 Å². The van der Waals surface area contributed by atoms with Crippen LogP contribution in [0.3, 0.4) is 0 Å². The second-order valence-corrected chi connectivity index (χ2v) is 4.67. The van der Waals surface area contributed by atoms with Gasteiger partial charge in [-0.15, -0.1) is 10.2 Å². The molecule has 21 heavy (non-hydrogen) atoms. The zero-order valence-corrected chi connectivity index (χ0v) is 11.2. The van der Waals surface area contributed by atoms with Gasteiger partial charge < -0.3 is 19.0 Å². The van der Waals surface area contributed by atoms with Gasteiger partial charge in [-0.25, -0.2) is 0 Å². The summed E-state index contributed by atoms with van der Waals surface area (Å²) >= 11 is 0. The van der Waals surface area contributed by atoms with Crippen molar-refractivity contribution < 1.29 is 23.8 Å². The Bertz CT molecular complexity index is 653. The zero-order valence-electron chi connectivity index (χ0n) is 11.2. The fourth-order valence-electron chi connectivity index (χ4n) is 2.05. The molecule has 7 nitrogen and oxygen atoms in total. The van der Waals surface area contributed by atoms with Gasteiger partial charge >= 0.3 is 5.97 Å². The lowest BCUT2D eigenvalue weighted by atomic mass is 10.2. The second kappa shape index (κ2) is 5.82. The van der Waals surface area contributed by atoms with Crippen molar-refractivity contribution >= 4 is 5.97 Å². The maximum Gasteiger partial charge on any atom is 0.303 e. The second-order valence-electron chi connectivity index (χ2n) is 4.67. The van der Waals surface area contributed by atoms with Gasteiger partial charge in [0.1, 0.15) is 0 Å². The van der Waals surface area contributed by atoms with E-state index in [1.165, 1.54) is 0 Å². The summed E-state index contributed by atoms with van der Waals surface area (Å²) in [7, 11) is 0. The van der Waals surface area contributed by atoms with Crippen LogP contribution in [-0.4, -0.2) is 28.1 Å². The van der Waals surface area contributed by atoms with Crippen LogP contribution in [0.2, 0.25) is 0 Å². The summed E-state index contributed by atoms with van der Waals surface area (Å²) < 4.78 is 16.1. The Hall–Kier alpha value is -2.57. The largest absolute Gasteiger partial charge is 0.481 e. The zero-order chi connectivity index (χ0) is 14.7. The van der Waals surface area contributed by atoms with Crippen LogP contribution < -0.4 is 9.47 Å². The van der Waals surface area contributed by atoms with E-state index >= 15 is 0 Å². The highest BCUT2D eigenvalue weighted by molar-refractivity contribution is 5.66. The quantitative estimate of drug-likeness (QED) is 0.815. The number of carboxylic acid groups (broad SMARTS) is 1. The summed E-state index contributed by atoms with van der Waals surface area (Å²) in [5.74, 6) is 1.50. The number of hydrogen-bond donors (Lipinski definition) is 1. The minimum atomic E-state index is -0.790. The number of ether oxygens (including phenoxy) is 2. The summed E-state index contributed by atoms with van der Waals surface area (Å²) in [4.78, 5) is 10.4. The van der Waals surface area contributed by atoms with Crippen molar-refractivity contribution in [3.63, 3.8) is 0 Å². The molecule has 7 heteroatoms. The molecule has 0 aliphatic carbocycles. The third kappa shape index (κ3) is 3.13. The SMILES string of the molecule is O=C(O)CCCCc1nnc(-c2ccc3c(c2)OCO3)o1. The van der Waals surface area contributed by atoms with Gasteiger partial charge in [0.25, 0.3) is 0 Å². The summed E-state index contributed by atoms with van der Waals surface area (Å²) in [6.07, 6.45) is 2.03.